The fourth-order valence-corrected chi connectivity index (χ4v) is 2.82. The smallest absolute Gasteiger partial charge is 0.320 e. The van der Waals surface area contributed by atoms with Crippen LogP contribution in [0.2, 0.25) is 0 Å². The number of hydrogen-bond acceptors (Lipinski definition) is 4. The summed E-state index contributed by atoms with van der Waals surface area (Å²) < 4.78 is 12.0. The molecule has 0 saturated heterocycles. The molecule has 0 heterocycles. The maximum absolute atomic E-state index is 10.9. The van der Waals surface area contributed by atoms with Gasteiger partial charge in [0.1, 0.15) is 17.5 Å². The molecule has 0 spiro atoms. The standard InChI is InChI=1S/C21H23NO4/c22-19(21(23)24)11-13-1-3-14(4-2-13)18-10-9-17(25-15-5-6-15)12-20(18)26-16-7-8-16/h1-4,9-10,12,15-16,19H,5-8,11,22H2,(H,23,24). The maximum atomic E-state index is 10.9. The highest BCUT2D eigenvalue weighted by Crippen LogP contribution is 2.38. The molecule has 1 atom stereocenters. The van der Waals surface area contributed by atoms with Crippen LogP contribution in [-0.2, 0) is 11.2 Å². The number of carboxylic acids is 1. The molecule has 2 aromatic carbocycles. The van der Waals surface area contributed by atoms with Crippen LogP contribution < -0.4 is 15.2 Å². The third-order valence-electron chi connectivity index (χ3n) is 4.64. The first-order valence-electron chi connectivity index (χ1n) is 9.13. The number of rotatable bonds is 8. The molecule has 2 aliphatic rings. The van der Waals surface area contributed by atoms with Gasteiger partial charge in [-0.05, 0) is 55.4 Å². The van der Waals surface area contributed by atoms with Gasteiger partial charge < -0.3 is 20.3 Å². The van der Waals surface area contributed by atoms with E-state index in [1.54, 1.807) is 0 Å². The minimum absolute atomic E-state index is 0.303. The third-order valence-corrected chi connectivity index (χ3v) is 4.64. The molecule has 26 heavy (non-hydrogen) atoms. The van der Waals surface area contributed by atoms with E-state index in [0.717, 1.165) is 53.9 Å². The van der Waals surface area contributed by atoms with Crippen LogP contribution in [0, 0.1) is 0 Å². The zero-order valence-corrected chi connectivity index (χ0v) is 14.6. The molecule has 0 bridgehead atoms. The van der Waals surface area contributed by atoms with Gasteiger partial charge in [-0.3, -0.25) is 4.79 Å². The Labute approximate surface area is 152 Å². The van der Waals surface area contributed by atoms with Crippen molar-refractivity contribution in [3.63, 3.8) is 0 Å². The maximum Gasteiger partial charge on any atom is 0.320 e. The lowest BCUT2D eigenvalue weighted by molar-refractivity contribution is -0.138. The average Bonchev–Trinajstić information content (AvgIpc) is 3.53. The van der Waals surface area contributed by atoms with Crippen molar-refractivity contribution in [2.45, 2.75) is 50.4 Å². The molecule has 4 rings (SSSR count). The Morgan fingerprint density at radius 3 is 2.31 bits per heavy atom. The van der Waals surface area contributed by atoms with Crippen LogP contribution in [-0.4, -0.2) is 29.3 Å². The molecule has 5 heteroatoms. The van der Waals surface area contributed by atoms with Gasteiger partial charge in [0, 0.05) is 11.6 Å². The topological polar surface area (TPSA) is 81.8 Å². The highest BCUT2D eigenvalue weighted by molar-refractivity contribution is 5.74. The second-order valence-corrected chi connectivity index (χ2v) is 7.14. The number of carbonyl (C=O) groups is 1. The Morgan fingerprint density at radius 2 is 1.69 bits per heavy atom. The summed E-state index contributed by atoms with van der Waals surface area (Å²) in [6.07, 6.45) is 5.42. The van der Waals surface area contributed by atoms with E-state index in [1.807, 2.05) is 42.5 Å². The number of nitrogens with two attached hydrogens (primary N) is 1. The van der Waals surface area contributed by atoms with Crippen molar-refractivity contribution in [3.05, 3.63) is 48.0 Å². The first-order chi connectivity index (χ1) is 12.6. The number of benzene rings is 2. The second kappa shape index (κ2) is 7.00. The summed E-state index contributed by atoms with van der Waals surface area (Å²) in [7, 11) is 0. The molecule has 2 saturated carbocycles. The van der Waals surface area contributed by atoms with E-state index < -0.39 is 12.0 Å². The van der Waals surface area contributed by atoms with Crippen molar-refractivity contribution in [1.29, 1.82) is 0 Å². The van der Waals surface area contributed by atoms with Gasteiger partial charge in [0.2, 0.25) is 0 Å². The number of aliphatic carboxylic acids is 1. The summed E-state index contributed by atoms with van der Waals surface area (Å²) in [6, 6.07) is 12.9. The second-order valence-electron chi connectivity index (χ2n) is 7.14. The molecule has 3 N–H and O–H groups in total. The molecule has 2 aliphatic carbocycles. The highest BCUT2D eigenvalue weighted by atomic mass is 16.5. The molecule has 5 nitrogen and oxygen atoms in total. The summed E-state index contributed by atoms with van der Waals surface area (Å²) in [6.45, 7) is 0. The molecule has 1 unspecified atom stereocenters. The van der Waals surface area contributed by atoms with Crippen molar-refractivity contribution in [3.8, 4) is 22.6 Å². The molecule has 2 aromatic rings. The lowest BCUT2D eigenvalue weighted by Crippen LogP contribution is -2.32. The minimum atomic E-state index is -0.986. The van der Waals surface area contributed by atoms with Crippen molar-refractivity contribution < 1.29 is 19.4 Å². The number of ether oxygens (including phenoxy) is 2. The first kappa shape index (κ1) is 16.9. The molecule has 0 aromatic heterocycles. The average molecular weight is 353 g/mol. The van der Waals surface area contributed by atoms with Crippen LogP contribution in [0.25, 0.3) is 11.1 Å². The first-order valence-corrected chi connectivity index (χ1v) is 9.13. The largest absolute Gasteiger partial charge is 0.490 e. The fourth-order valence-electron chi connectivity index (χ4n) is 2.82. The Hall–Kier alpha value is -2.53. The molecular weight excluding hydrogens is 330 g/mol. The van der Waals surface area contributed by atoms with E-state index in [9.17, 15) is 4.79 Å². The zero-order chi connectivity index (χ0) is 18.1. The van der Waals surface area contributed by atoms with E-state index in [4.69, 9.17) is 20.3 Å². The van der Waals surface area contributed by atoms with E-state index in [0.29, 0.717) is 18.6 Å². The van der Waals surface area contributed by atoms with Crippen molar-refractivity contribution in [1.82, 2.24) is 0 Å². The summed E-state index contributed by atoms with van der Waals surface area (Å²) in [4.78, 5) is 10.9. The van der Waals surface area contributed by atoms with E-state index >= 15 is 0 Å². The molecule has 0 amide bonds. The van der Waals surface area contributed by atoms with Gasteiger partial charge in [-0.1, -0.05) is 24.3 Å². The zero-order valence-electron chi connectivity index (χ0n) is 14.6. The van der Waals surface area contributed by atoms with Gasteiger partial charge >= 0.3 is 5.97 Å². The van der Waals surface area contributed by atoms with Crippen LogP contribution >= 0.6 is 0 Å². The van der Waals surface area contributed by atoms with Crippen LogP contribution in [0.1, 0.15) is 31.2 Å². The van der Waals surface area contributed by atoms with Gasteiger partial charge in [-0.2, -0.15) is 0 Å². The minimum Gasteiger partial charge on any atom is -0.490 e. The van der Waals surface area contributed by atoms with Crippen LogP contribution in [0.3, 0.4) is 0 Å². The van der Waals surface area contributed by atoms with Crippen molar-refractivity contribution >= 4 is 5.97 Å². The Kier molecular flexibility index (Phi) is 4.55. The van der Waals surface area contributed by atoms with E-state index in [2.05, 4.69) is 0 Å². The fraction of sp³-hybridized carbons (Fsp3) is 0.381. The molecule has 2 fully saturated rings. The third kappa shape index (κ3) is 4.17. The van der Waals surface area contributed by atoms with E-state index in [-0.39, 0.29) is 0 Å². The van der Waals surface area contributed by atoms with Crippen LogP contribution in [0.4, 0.5) is 0 Å². The SMILES string of the molecule is NC(Cc1ccc(-c2ccc(OC3CC3)cc2OC2CC2)cc1)C(=O)O. The van der Waals surface area contributed by atoms with Gasteiger partial charge in [0.25, 0.3) is 0 Å². The normalized spacial score (nSPS) is 17.6. The van der Waals surface area contributed by atoms with Gasteiger partial charge in [-0.15, -0.1) is 0 Å². The van der Waals surface area contributed by atoms with Gasteiger partial charge in [0.15, 0.2) is 0 Å². The van der Waals surface area contributed by atoms with Crippen molar-refractivity contribution in [2.75, 3.05) is 0 Å². The van der Waals surface area contributed by atoms with Gasteiger partial charge in [0.05, 0.1) is 12.2 Å². The van der Waals surface area contributed by atoms with Crippen molar-refractivity contribution in [2.24, 2.45) is 5.73 Å². The lowest BCUT2D eigenvalue weighted by Gasteiger charge is -2.14. The van der Waals surface area contributed by atoms with E-state index in [1.165, 1.54) is 0 Å². The van der Waals surface area contributed by atoms with Gasteiger partial charge in [-0.25, -0.2) is 0 Å². The molecule has 0 aliphatic heterocycles. The lowest BCUT2D eigenvalue weighted by atomic mass is 10.00. The van der Waals surface area contributed by atoms with Crippen LogP contribution in [0.15, 0.2) is 42.5 Å². The Morgan fingerprint density at radius 1 is 1.04 bits per heavy atom. The number of hydrogen-bond donors (Lipinski definition) is 2. The Balaban J connectivity index is 1.55. The predicted molar refractivity (Wildman–Crippen MR) is 98.5 cm³/mol. The molecule has 136 valence electrons. The monoisotopic (exact) mass is 353 g/mol. The molecular formula is C21H23NO4. The quantitative estimate of drug-likeness (QED) is 0.760. The highest BCUT2D eigenvalue weighted by Gasteiger charge is 2.27. The predicted octanol–water partition coefficient (Wildman–Crippen LogP) is 3.39. The van der Waals surface area contributed by atoms with Crippen LogP contribution in [0.5, 0.6) is 11.5 Å². The summed E-state index contributed by atoms with van der Waals surface area (Å²) in [5, 5.41) is 8.94. The molecule has 0 radical (unpaired) electrons. The Bertz CT molecular complexity index is 794. The number of carboxylic acid groups (broad SMARTS) is 1. The summed E-state index contributed by atoms with van der Waals surface area (Å²) in [5.74, 6) is 0.719. The summed E-state index contributed by atoms with van der Waals surface area (Å²) in [5.41, 5.74) is 8.57. The summed E-state index contributed by atoms with van der Waals surface area (Å²) >= 11 is 0.